The van der Waals surface area contributed by atoms with Gasteiger partial charge in [-0.05, 0) is 51.1 Å². The second-order valence-electron chi connectivity index (χ2n) is 6.73. The molecule has 138 valence electrons. The molecular weight excluding hydrogens is 326 g/mol. The van der Waals surface area contributed by atoms with Crippen molar-refractivity contribution in [2.45, 2.75) is 26.8 Å². The second kappa shape index (κ2) is 9.15. The van der Waals surface area contributed by atoms with E-state index < -0.39 is 0 Å². The molecule has 0 aromatic heterocycles. The van der Waals surface area contributed by atoms with Crippen molar-refractivity contribution >= 4 is 17.5 Å². The predicted octanol–water partition coefficient (Wildman–Crippen LogP) is 3.05. The summed E-state index contributed by atoms with van der Waals surface area (Å²) >= 11 is 0. The lowest BCUT2D eigenvalue weighted by atomic mass is 10.0. The number of anilines is 1. The van der Waals surface area contributed by atoms with Crippen LogP contribution in [0.4, 0.5) is 5.69 Å². The van der Waals surface area contributed by atoms with E-state index in [1.165, 1.54) is 0 Å². The maximum Gasteiger partial charge on any atom is 0.238 e. The van der Waals surface area contributed by atoms with Gasteiger partial charge in [-0.15, -0.1) is 0 Å². The van der Waals surface area contributed by atoms with Gasteiger partial charge in [-0.25, -0.2) is 0 Å². The van der Waals surface area contributed by atoms with E-state index in [2.05, 4.69) is 10.6 Å². The highest BCUT2D eigenvalue weighted by Crippen LogP contribution is 2.16. The standard InChI is InChI=1S/C21H27N3O2/c1-15-9-11-18(12-10-15)23-21(26)14-24(4)13-20(25)22-17(3)19-8-6-5-7-16(19)2/h5-12,17H,13-14H2,1-4H3,(H,22,25)(H,23,26)/t17-/m1/s1. The molecule has 2 amide bonds. The number of likely N-dealkylation sites (N-methyl/N-ethyl adjacent to an activating group) is 1. The maximum atomic E-state index is 12.2. The van der Waals surface area contributed by atoms with Crippen LogP contribution in [0.1, 0.15) is 29.7 Å². The number of carbonyl (C=O) groups excluding carboxylic acids is 2. The highest BCUT2D eigenvalue weighted by molar-refractivity contribution is 5.92. The van der Waals surface area contributed by atoms with Crippen LogP contribution in [0, 0.1) is 13.8 Å². The average molecular weight is 353 g/mol. The number of hydrogen-bond donors (Lipinski definition) is 2. The van der Waals surface area contributed by atoms with Crippen LogP contribution in [0.15, 0.2) is 48.5 Å². The molecule has 0 aliphatic carbocycles. The average Bonchev–Trinajstić information content (AvgIpc) is 2.56. The minimum absolute atomic E-state index is 0.0708. The van der Waals surface area contributed by atoms with Crippen molar-refractivity contribution in [1.82, 2.24) is 10.2 Å². The lowest BCUT2D eigenvalue weighted by Crippen LogP contribution is -2.39. The van der Waals surface area contributed by atoms with Crippen LogP contribution >= 0.6 is 0 Å². The fourth-order valence-electron chi connectivity index (χ4n) is 2.82. The molecule has 0 heterocycles. The first kappa shape index (κ1) is 19.7. The number of carbonyl (C=O) groups is 2. The molecule has 5 heteroatoms. The van der Waals surface area contributed by atoms with Gasteiger partial charge in [-0.3, -0.25) is 14.5 Å². The number of rotatable bonds is 7. The third-order valence-corrected chi connectivity index (χ3v) is 4.19. The lowest BCUT2D eigenvalue weighted by molar-refractivity contribution is -0.123. The van der Waals surface area contributed by atoms with Crippen molar-refractivity contribution in [3.05, 3.63) is 65.2 Å². The van der Waals surface area contributed by atoms with Gasteiger partial charge in [0.05, 0.1) is 19.1 Å². The van der Waals surface area contributed by atoms with Crippen LogP contribution in [0.3, 0.4) is 0 Å². The van der Waals surface area contributed by atoms with Crippen molar-refractivity contribution in [3.8, 4) is 0 Å². The molecule has 0 spiro atoms. The Kier molecular flexibility index (Phi) is 6.92. The van der Waals surface area contributed by atoms with Crippen molar-refractivity contribution in [1.29, 1.82) is 0 Å². The van der Waals surface area contributed by atoms with E-state index in [0.717, 1.165) is 22.4 Å². The zero-order valence-corrected chi connectivity index (χ0v) is 15.9. The summed E-state index contributed by atoms with van der Waals surface area (Å²) in [6.07, 6.45) is 0. The van der Waals surface area contributed by atoms with Crippen LogP contribution in [0.5, 0.6) is 0 Å². The van der Waals surface area contributed by atoms with E-state index in [0.29, 0.717) is 0 Å². The minimum Gasteiger partial charge on any atom is -0.348 e. The van der Waals surface area contributed by atoms with Gasteiger partial charge in [0, 0.05) is 5.69 Å². The Morgan fingerprint density at radius 2 is 1.58 bits per heavy atom. The van der Waals surface area contributed by atoms with Crippen molar-refractivity contribution in [2.75, 3.05) is 25.5 Å². The third kappa shape index (κ3) is 6.01. The Hall–Kier alpha value is -2.66. The molecule has 0 saturated heterocycles. The molecule has 2 rings (SSSR count). The van der Waals surface area contributed by atoms with Gasteiger partial charge < -0.3 is 10.6 Å². The molecule has 1 atom stereocenters. The molecule has 26 heavy (non-hydrogen) atoms. The zero-order chi connectivity index (χ0) is 19.1. The maximum absolute atomic E-state index is 12.2. The first-order chi connectivity index (χ1) is 12.3. The summed E-state index contributed by atoms with van der Waals surface area (Å²) in [5, 5.41) is 5.82. The molecule has 0 bridgehead atoms. The van der Waals surface area contributed by atoms with E-state index >= 15 is 0 Å². The van der Waals surface area contributed by atoms with Crippen molar-refractivity contribution in [2.24, 2.45) is 0 Å². The number of aryl methyl sites for hydroxylation is 2. The molecule has 0 radical (unpaired) electrons. The molecular formula is C21H27N3O2. The summed E-state index contributed by atoms with van der Waals surface area (Å²) in [4.78, 5) is 26.0. The summed E-state index contributed by atoms with van der Waals surface area (Å²) in [7, 11) is 1.76. The van der Waals surface area contributed by atoms with E-state index in [9.17, 15) is 9.59 Å². The van der Waals surface area contributed by atoms with E-state index in [1.54, 1.807) is 11.9 Å². The van der Waals surface area contributed by atoms with Crippen LogP contribution in [0.25, 0.3) is 0 Å². The van der Waals surface area contributed by atoms with Gasteiger partial charge in [0.2, 0.25) is 11.8 Å². The van der Waals surface area contributed by atoms with Crippen molar-refractivity contribution in [3.63, 3.8) is 0 Å². The Morgan fingerprint density at radius 3 is 2.23 bits per heavy atom. The van der Waals surface area contributed by atoms with Gasteiger partial charge in [0.1, 0.15) is 0 Å². The SMILES string of the molecule is Cc1ccc(NC(=O)CN(C)CC(=O)N[C@H](C)c2ccccc2C)cc1. The smallest absolute Gasteiger partial charge is 0.238 e. The van der Waals surface area contributed by atoms with Crippen LogP contribution in [0.2, 0.25) is 0 Å². The summed E-state index contributed by atoms with van der Waals surface area (Å²) in [6, 6.07) is 15.5. The van der Waals surface area contributed by atoms with Crippen LogP contribution in [-0.2, 0) is 9.59 Å². The largest absolute Gasteiger partial charge is 0.348 e. The molecule has 0 unspecified atom stereocenters. The van der Waals surface area contributed by atoms with E-state index in [4.69, 9.17) is 0 Å². The highest BCUT2D eigenvalue weighted by Gasteiger charge is 2.14. The van der Waals surface area contributed by atoms with Gasteiger partial charge in [0.25, 0.3) is 0 Å². The van der Waals surface area contributed by atoms with Crippen LogP contribution < -0.4 is 10.6 Å². The topological polar surface area (TPSA) is 61.4 Å². The summed E-state index contributed by atoms with van der Waals surface area (Å²) in [6.45, 7) is 6.30. The van der Waals surface area contributed by atoms with Crippen molar-refractivity contribution < 1.29 is 9.59 Å². The minimum atomic E-state index is -0.142. The Morgan fingerprint density at radius 1 is 0.962 bits per heavy atom. The van der Waals surface area contributed by atoms with E-state index in [-0.39, 0.29) is 30.9 Å². The zero-order valence-electron chi connectivity index (χ0n) is 15.9. The summed E-state index contributed by atoms with van der Waals surface area (Å²) in [5.41, 5.74) is 4.14. The molecule has 2 N–H and O–H groups in total. The molecule has 0 aliphatic heterocycles. The molecule has 0 aliphatic rings. The molecule has 0 saturated carbocycles. The van der Waals surface area contributed by atoms with Gasteiger partial charge >= 0.3 is 0 Å². The first-order valence-corrected chi connectivity index (χ1v) is 8.75. The fourth-order valence-corrected chi connectivity index (χ4v) is 2.82. The predicted molar refractivity (Wildman–Crippen MR) is 105 cm³/mol. The highest BCUT2D eigenvalue weighted by atomic mass is 16.2. The normalized spacial score (nSPS) is 11.9. The molecule has 5 nitrogen and oxygen atoms in total. The monoisotopic (exact) mass is 353 g/mol. The van der Waals surface area contributed by atoms with Gasteiger partial charge in [0.15, 0.2) is 0 Å². The van der Waals surface area contributed by atoms with Crippen LogP contribution in [-0.4, -0.2) is 36.9 Å². The number of amides is 2. The lowest BCUT2D eigenvalue weighted by Gasteiger charge is -2.20. The Bertz CT molecular complexity index is 756. The van der Waals surface area contributed by atoms with E-state index in [1.807, 2.05) is 69.3 Å². The third-order valence-electron chi connectivity index (χ3n) is 4.19. The van der Waals surface area contributed by atoms with Gasteiger partial charge in [-0.1, -0.05) is 42.0 Å². The fraction of sp³-hybridized carbons (Fsp3) is 0.333. The second-order valence-corrected chi connectivity index (χ2v) is 6.73. The number of benzene rings is 2. The number of hydrogen-bond acceptors (Lipinski definition) is 3. The number of nitrogens with one attached hydrogen (secondary N) is 2. The summed E-state index contributed by atoms with van der Waals surface area (Å²) < 4.78 is 0. The summed E-state index contributed by atoms with van der Waals surface area (Å²) in [5.74, 6) is -0.248. The molecule has 2 aromatic rings. The number of nitrogens with zero attached hydrogens (tertiary/aromatic N) is 1. The molecule has 2 aromatic carbocycles. The Balaban J connectivity index is 1.80. The quantitative estimate of drug-likeness (QED) is 0.804. The molecule has 0 fully saturated rings. The Labute approximate surface area is 155 Å². The van der Waals surface area contributed by atoms with Gasteiger partial charge in [-0.2, -0.15) is 0 Å². The first-order valence-electron chi connectivity index (χ1n) is 8.75.